The van der Waals surface area contributed by atoms with Crippen LogP contribution in [-0.2, 0) is 13.1 Å². The van der Waals surface area contributed by atoms with Crippen molar-refractivity contribution in [1.82, 2.24) is 14.9 Å². The molecule has 0 aliphatic carbocycles. The van der Waals surface area contributed by atoms with Gasteiger partial charge in [0.15, 0.2) is 17.4 Å². The van der Waals surface area contributed by atoms with Crippen LogP contribution in [0.4, 0.5) is 8.78 Å². The Morgan fingerprint density at radius 2 is 2.05 bits per heavy atom. The van der Waals surface area contributed by atoms with Gasteiger partial charge in [-0.2, -0.15) is 0 Å². The Balaban J connectivity index is 1.97. The molecule has 0 aliphatic rings. The highest BCUT2D eigenvalue weighted by atomic mass is 19.1. The first-order valence-corrected chi connectivity index (χ1v) is 6.48. The van der Waals surface area contributed by atoms with E-state index < -0.39 is 11.6 Å². The topological polar surface area (TPSA) is 39.1 Å². The maximum absolute atomic E-state index is 13.8. The zero-order valence-electron chi connectivity index (χ0n) is 11.3. The second kappa shape index (κ2) is 7.00. The molecule has 108 valence electrons. The lowest BCUT2D eigenvalue weighted by molar-refractivity contribution is 0.269. The molecule has 2 aromatic rings. The zero-order valence-corrected chi connectivity index (χ0v) is 11.3. The SMILES string of the molecule is CCNCc1cc(F)c(OCCn2ccnc2)c(F)c1. The summed E-state index contributed by atoms with van der Waals surface area (Å²) in [6, 6.07) is 2.58. The van der Waals surface area contributed by atoms with Gasteiger partial charge in [0.25, 0.3) is 0 Å². The smallest absolute Gasteiger partial charge is 0.190 e. The fraction of sp³-hybridized carbons (Fsp3) is 0.357. The summed E-state index contributed by atoms with van der Waals surface area (Å²) in [7, 11) is 0. The van der Waals surface area contributed by atoms with E-state index in [9.17, 15) is 8.78 Å². The molecule has 0 saturated carbocycles. The van der Waals surface area contributed by atoms with Crippen LogP contribution in [0.5, 0.6) is 5.75 Å². The van der Waals surface area contributed by atoms with Crippen LogP contribution in [0, 0.1) is 11.6 Å². The van der Waals surface area contributed by atoms with E-state index in [-0.39, 0.29) is 12.4 Å². The summed E-state index contributed by atoms with van der Waals surface area (Å²) in [5, 5.41) is 3.02. The second-order valence-corrected chi connectivity index (χ2v) is 4.32. The van der Waals surface area contributed by atoms with E-state index in [1.165, 1.54) is 12.1 Å². The predicted molar refractivity (Wildman–Crippen MR) is 71.5 cm³/mol. The Labute approximate surface area is 116 Å². The number of nitrogens with one attached hydrogen (secondary N) is 1. The van der Waals surface area contributed by atoms with Crippen LogP contribution in [0.1, 0.15) is 12.5 Å². The van der Waals surface area contributed by atoms with Gasteiger partial charge in [0, 0.05) is 18.9 Å². The van der Waals surface area contributed by atoms with Crippen LogP contribution >= 0.6 is 0 Å². The van der Waals surface area contributed by atoms with Gasteiger partial charge >= 0.3 is 0 Å². The largest absolute Gasteiger partial charge is 0.486 e. The lowest BCUT2D eigenvalue weighted by Crippen LogP contribution is -2.13. The van der Waals surface area contributed by atoms with Gasteiger partial charge in [-0.1, -0.05) is 6.92 Å². The first kappa shape index (κ1) is 14.5. The molecule has 1 aromatic carbocycles. The van der Waals surface area contributed by atoms with Gasteiger partial charge in [-0.05, 0) is 24.2 Å². The number of ether oxygens (including phenoxy) is 1. The van der Waals surface area contributed by atoms with Gasteiger partial charge in [-0.3, -0.25) is 0 Å². The van der Waals surface area contributed by atoms with Crippen LogP contribution in [0.2, 0.25) is 0 Å². The summed E-state index contributed by atoms with van der Waals surface area (Å²) in [5.41, 5.74) is 0.559. The molecule has 0 radical (unpaired) electrons. The van der Waals surface area contributed by atoms with Crippen molar-refractivity contribution in [1.29, 1.82) is 0 Å². The lowest BCUT2D eigenvalue weighted by atomic mass is 10.2. The number of benzene rings is 1. The van der Waals surface area contributed by atoms with Crippen molar-refractivity contribution in [3.05, 3.63) is 48.1 Å². The third-order valence-electron chi connectivity index (χ3n) is 2.79. The Hall–Kier alpha value is -1.95. The van der Waals surface area contributed by atoms with Crippen molar-refractivity contribution in [3.63, 3.8) is 0 Å². The Morgan fingerprint density at radius 3 is 2.65 bits per heavy atom. The average molecular weight is 281 g/mol. The molecule has 0 fully saturated rings. The molecule has 6 heteroatoms. The van der Waals surface area contributed by atoms with Crippen molar-refractivity contribution < 1.29 is 13.5 Å². The molecule has 4 nitrogen and oxygen atoms in total. The second-order valence-electron chi connectivity index (χ2n) is 4.32. The van der Waals surface area contributed by atoms with Crippen molar-refractivity contribution >= 4 is 0 Å². The fourth-order valence-electron chi connectivity index (χ4n) is 1.79. The molecule has 20 heavy (non-hydrogen) atoms. The van der Waals surface area contributed by atoms with Crippen LogP contribution in [0.15, 0.2) is 30.9 Å². The number of aromatic nitrogens is 2. The van der Waals surface area contributed by atoms with E-state index in [0.717, 1.165) is 6.54 Å². The molecule has 0 aliphatic heterocycles. The normalized spacial score (nSPS) is 10.8. The summed E-state index contributed by atoms with van der Waals surface area (Å²) < 4.78 is 34.5. The molecule has 0 atom stereocenters. The van der Waals surface area contributed by atoms with Crippen LogP contribution in [0.25, 0.3) is 0 Å². The molecule has 0 bridgehead atoms. The fourth-order valence-corrected chi connectivity index (χ4v) is 1.79. The summed E-state index contributed by atoms with van der Waals surface area (Å²) in [6.07, 6.45) is 5.02. The third-order valence-corrected chi connectivity index (χ3v) is 2.79. The highest BCUT2D eigenvalue weighted by molar-refractivity contribution is 5.31. The first-order valence-electron chi connectivity index (χ1n) is 6.48. The average Bonchev–Trinajstić information content (AvgIpc) is 2.92. The minimum absolute atomic E-state index is 0.177. The summed E-state index contributed by atoms with van der Waals surface area (Å²) in [5.74, 6) is -1.68. The molecular formula is C14H17F2N3O. The van der Waals surface area contributed by atoms with Gasteiger partial charge in [-0.25, -0.2) is 13.8 Å². The van der Waals surface area contributed by atoms with Gasteiger partial charge in [0.1, 0.15) is 6.61 Å². The van der Waals surface area contributed by atoms with Crippen molar-refractivity contribution in [2.24, 2.45) is 0 Å². The van der Waals surface area contributed by atoms with Crippen LogP contribution < -0.4 is 10.1 Å². The number of rotatable bonds is 7. The van der Waals surface area contributed by atoms with Crippen molar-refractivity contribution in [3.8, 4) is 5.75 Å². The van der Waals surface area contributed by atoms with Crippen molar-refractivity contribution in [2.75, 3.05) is 13.2 Å². The predicted octanol–water partition coefficient (Wildman–Crippen LogP) is 2.35. The molecule has 0 unspecified atom stereocenters. The minimum Gasteiger partial charge on any atom is -0.486 e. The summed E-state index contributed by atoms with van der Waals surface area (Å²) in [4.78, 5) is 3.88. The monoisotopic (exact) mass is 281 g/mol. The molecule has 1 N–H and O–H groups in total. The molecule has 1 heterocycles. The highest BCUT2D eigenvalue weighted by Gasteiger charge is 2.12. The number of halogens is 2. The van der Waals surface area contributed by atoms with Crippen molar-refractivity contribution in [2.45, 2.75) is 20.0 Å². The summed E-state index contributed by atoms with van der Waals surface area (Å²) >= 11 is 0. The minimum atomic E-state index is -0.677. The molecule has 0 amide bonds. The first-order chi connectivity index (χ1) is 9.70. The van der Waals surface area contributed by atoms with E-state index >= 15 is 0 Å². The summed E-state index contributed by atoms with van der Waals surface area (Å²) in [6.45, 7) is 3.77. The zero-order chi connectivity index (χ0) is 14.4. The van der Waals surface area contributed by atoms with Crippen LogP contribution in [0.3, 0.4) is 0 Å². The van der Waals surface area contributed by atoms with E-state index in [1.807, 2.05) is 6.92 Å². The Kier molecular flexibility index (Phi) is 5.06. The number of nitrogens with zero attached hydrogens (tertiary/aromatic N) is 2. The van der Waals surface area contributed by atoms with Gasteiger partial charge < -0.3 is 14.6 Å². The molecule has 2 rings (SSSR count). The Bertz CT molecular complexity index is 520. The lowest BCUT2D eigenvalue weighted by Gasteiger charge is -2.10. The molecule has 0 saturated heterocycles. The van der Waals surface area contributed by atoms with Gasteiger partial charge in [-0.15, -0.1) is 0 Å². The standard InChI is InChI=1S/C14H17F2N3O/c1-2-17-9-11-7-12(15)14(13(16)8-11)20-6-5-19-4-3-18-10-19/h3-4,7-8,10,17H,2,5-6,9H2,1H3. The maximum Gasteiger partial charge on any atom is 0.190 e. The van der Waals surface area contributed by atoms with E-state index in [4.69, 9.17) is 4.74 Å². The van der Waals surface area contributed by atoms with Crippen LogP contribution in [-0.4, -0.2) is 22.7 Å². The maximum atomic E-state index is 13.8. The molecule has 1 aromatic heterocycles. The van der Waals surface area contributed by atoms with Gasteiger partial charge in [0.2, 0.25) is 0 Å². The van der Waals surface area contributed by atoms with E-state index in [0.29, 0.717) is 18.7 Å². The quantitative estimate of drug-likeness (QED) is 0.846. The third kappa shape index (κ3) is 3.77. The molecule has 0 spiro atoms. The Morgan fingerprint density at radius 1 is 1.30 bits per heavy atom. The number of imidazole rings is 1. The van der Waals surface area contributed by atoms with E-state index in [2.05, 4.69) is 10.3 Å². The van der Waals surface area contributed by atoms with Gasteiger partial charge in [0.05, 0.1) is 12.9 Å². The number of hydrogen-bond acceptors (Lipinski definition) is 3. The highest BCUT2D eigenvalue weighted by Crippen LogP contribution is 2.23. The molecular weight excluding hydrogens is 264 g/mol. The van der Waals surface area contributed by atoms with E-state index in [1.54, 1.807) is 23.3 Å². The number of hydrogen-bond donors (Lipinski definition) is 1.